The van der Waals surface area contributed by atoms with Crippen molar-refractivity contribution in [3.05, 3.63) is 40.4 Å². The van der Waals surface area contributed by atoms with Gasteiger partial charge in [0.05, 0.1) is 0 Å². The number of hydrogen-bond donors (Lipinski definition) is 0. The molecule has 4 heteroatoms. The Morgan fingerprint density at radius 3 is 2.62 bits per heavy atom. The first-order valence-corrected chi connectivity index (χ1v) is 3.80. The normalized spacial score (nSPS) is 10.7. The van der Waals surface area contributed by atoms with Crippen LogP contribution in [0.3, 0.4) is 0 Å². The Bertz CT molecular complexity index is 361. The summed E-state index contributed by atoms with van der Waals surface area (Å²) >= 11 is 5.29. The highest BCUT2D eigenvalue weighted by Gasteiger charge is 2.08. The second-order valence-corrected chi connectivity index (χ2v) is 2.64. The molecule has 1 rings (SSSR count). The molecule has 68 valence electrons. The van der Waals surface area contributed by atoms with Crippen LogP contribution in [-0.4, -0.2) is 6.29 Å². The average Bonchev–Trinajstić information content (AvgIpc) is 2.13. The molecule has 0 aromatic heterocycles. The van der Waals surface area contributed by atoms with Gasteiger partial charge in [0, 0.05) is 5.56 Å². The van der Waals surface area contributed by atoms with E-state index in [2.05, 4.69) is 0 Å². The molecule has 0 bridgehead atoms. The molecule has 1 aromatic carbocycles. The van der Waals surface area contributed by atoms with Crippen molar-refractivity contribution in [2.45, 2.75) is 0 Å². The summed E-state index contributed by atoms with van der Waals surface area (Å²) in [4.78, 5) is 9.93. The number of allylic oxidation sites excluding steroid dienone is 1. The first-order chi connectivity index (χ1) is 6.16. The Hall–Kier alpha value is -1.22. The van der Waals surface area contributed by atoms with Crippen LogP contribution in [0, 0.1) is 11.6 Å². The third kappa shape index (κ3) is 2.12. The van der Waals surface area contributed by atoms with E-state index in [1.807, 2.05) is 0 Å². The van der Waals surface area contributed by atoms with E-state index in [1.54, 1.807) is 0 Å². The standard InChI is InChI=1S/C9H5ClF2O/c10-8-7(11)4-3-6(9(8)12)2-1-5-13/h1-5H. The molecule has 0 aliphatic carbocycles. The molecule has 0 aliphatic heterocycles. The van der Waals surface area contributed by atoms with Gasteiger partial charge in [0.2, 0.25) is 0 Å². The van der Waals surface area contributed by atoms with Crippen LogP contribution in [-0.2, 0) is 4.79 Å². The average molecular weight is 203 g/mol. The molecule has 0 heterocycles. The minimum atomic E-state index is -0.861. The lowest BCUT2D eigenvalue weighted by atomic mass is 10.2. The number of aldehydes is 1. The van der Waals surface area contributed by atoms with Crippen LogP contribution in [0.4, 0.5) is 8.78 Å². The lowest BCUT2D eigenvalue weighted by Gasteiger charge is -1.99. The van der Waals surface area contributed by atoms with Crippen LogP contribution in [0.25, 0.3) is 6.08 Å². The summed E-state index contributed by atoms with van der Waals surface area (Å²) in [7, 11) is 0. The Morgan fingerprint density at radius 1 is 1.31 bits per heavy atom. The second kappa shape index (κ2) is 4.14. The largest absolute Gasteiger partial charge is 0.299 e. The monoisotopic (exact) mass is 202 g/mol. The van der Waals surface area contributed by atoms with Crippen molar-refractivity contribution in [1.82, 2.24) is 0 Å². The number of carbonyl (C=O) groups is 1. The van der Waals surface area contributed by atoms with Gasteiger partial charge in [0.1, 0.15) is 17.1 Å². The van der Waals surface area contributed by atoms with E-state index in [4.69, 9.17) is 11.6 Å². The highest BCUT2D eigenvalue weighted by Crippen LogP contribution is 2.22. The van der Waals surface area contributed by atoms with Crippen LogP contribution in [0.15, 0.2) is 18.2 Å². The summed E-state index contributed by atoms with van der Waals surface area (Å²) in [5.41, 5.74) is 0.0819. The second-order valence-electron chi connectivity index (χ2n) is 2.26. The highest BCUT2D eigenvalue weighted by atomic mass is 35.5. The molecule has 0 amide bonds. The SMILES string of the molecule is O=CC=Cc1ccc(F)c(Cl)c1F. The molecule has 0 saturated carbocycles. The lowest BCUT2D eigenvalue weighted by Crippen LogP contribution is -1.87. The van der Waals surface area contributed by atoms with Crippen molar-refractivity contribution in [3.8, 4) is 0 Å². The Balaban J connectivity index is 3.17. The number of carbonyl (C=O) groups excluding carboxylic acids is 1. The van der Waals surface area contributed by atoms with E-state index in [9.17, 15) is 13.6 Å². The molecule has 1 aromatic rings. The first kappa shape index (κ1) is 9.86. The van der Waals surface area contributed by atoms with Crippen LogP contribution in [0.2, 0.25) is 5.02 Å². The zero-order valence-electron chi connectivity index (χ0n) is 6.43. The highest BCUT2D eigenvalue weighted by molar-refractivity contribution is 6.31. The molecule has 0 fully saturated rings. The summed E-state index contributed by atoms with van der Waals surface area (Å²) in [5.74, 6) is -1.68. The fraction of sp³-hybridized carbons (Fsp3) is 0. The smallest absolute Gasteiger partial charge is 0.151 e. The molecule has 0 atom stereocenters. The summed E-state index contributed by atoms with van der Waals surface area (Å²) in [6.45, 7) is 0. The van der Waals surface area contributed by atoms with E-state index >= 15 is 0 Å². The first-order valence-electron chi connectivity index (χ1n) is 3.42. The van der Waals surface area contributed by atoms with Crippen molar-refractivity contribution in [2.75, 3.05) is 0 Å². The predicted molar refractivity (Wildman–Crippen MR) is 46.5 cm³/mol. The molecule has 0 saturated heterocycles. The fourth-order valence-corrected chi connectivity index (χ4v) is 0.985. The molecule has 0 spiro atoms. The molecule has 13 heavy (non-hydrogen) atoms. The Morgan fingerprint density at radius 2 is 2.00 bits per heavy atom. The maximum atomic E-state index is 13.0. The third-order valence-corrected chi connectivity index (χ3v) is 1.77. The maximum absolute atomic E-state index is 13.0. The minimum Gasteiger partial charge on any atom is -0.299 e. The zero-order chi connectivity index (χ0) is 9.84. The molecular formula is C9H5ClF2O. The molecule has 1 nitrogen and oxygen atoms in total. The van der Waals surface area contributed by atoms with E-state index in [0.717, 1.165) is 12.1 Å². The van der Waals surface area contributed by atoms with Gasteiger partial charge in [0.25, 0.3) is 0 Å². The van der Waals surface area contributed by atoms with E-state index in [-0.39, 0.29) is 5.56 Å². The van der Waals surface area contributed by atoms with Crippen LogP contribution < -0.4 is 0 Å². The van der Waals surface area contributed by atoms with Gasteiger partial charge in [-0.3, -0.25) is 4.79 Å². The molecule has 0 radical (unpaired) electrons. The van der Waals surface area contributed by atoms with Gasteiger partial charge in [0.15, 0.2) is 5.82 Å². The number of halogens is 3. The molecule has 0 N–H and O–H groups in total. The van der Waals surface area contributed by atoms with Gasteiger partial charge < -0.3 is 0 Å². The summed E-state index contributed by atoms with van der Waals surface area (Å²) < 4.78 is 25.7. The minimum absolute atomic E-state index is 0.0819. The van der Waals surface area contributed by atoms with Gasteiger partial charge in [-0.2, -0.15) is 0 Å². The van der Waals surface area contributed by atoms with Crippen molar-refractivity contribution in [2.24, 2.45) is 0 Å². The number of benzene rings is 1. The van der Waals surface area contributed by atoms with Gasteiger partial charge in [-0.05, 0) is 24.3 Å². The third-order valence-electron chi connectivity index (χ3n) is 1.42. The van der Waals surface area contributed by atoms with Crippen LogP contribution in [0.1, 0.15) is 5.56 Å². The summed E-state index contributed by atoms with van der Waals surface area (Å²) in [6.07, 6.45) is 2.82. The topological polar surface area (TPSA) is 17.1 Å². The van der Waals surface area contributed by atoms with Crippen molar-refractivity contribution in [1.29, 1.82) is 0 Å². The molecular weight excluding hydrogens is 198 g/mol. The van der Waals surface area contributed by atoms with E-state index in [0.29, 0.717) is 6.29 Å². The van der Waals surface area contributed by atoms with Gasteiger partial charge in [-0.15, -0.1) is 0 Å². The Labute approximate surface area is 78.6 Å². The predicted octanol–water partition coefficient (Wildman–Crippen LogP) is 2.83. The van der Waals surface area contributed by atoms with Crippen molar-refractivity contribution < 1.29 is 13.6 Å². The van der Waals surface area contributed by atoms with Gasteiger partial charge >= 0.3 is 0 Å². The van der Waals surface area contributed by atoms with Gasteiger partial charge in [-0.1, -0.05) is 11.6 Å². The maximum Gasteiger partial charge on any atom is 0.151 e. The van der Waals surface area contributed by atoms with E-state index in [1.165, 1.54) is 12.1 Å². The molecule has 0 aliphatic rings. The fourth-order valence-electron chi connectivity index (χ4n) is 0.813. The van der Waals surface area contributed by atoms with Crippen molar-refractivity contribution in [3.63, 3.8) is 0 Å². The van der Waals surface area contributed by atoms with Crippen LogP contribution in [0.5, 0.6) is 0 Å². The summed E-state index contributed by atoms with van der Waals surface area (Å²) in [5, 5.41) is -0.562. The summed E-state index contributed by atoms with van der Waals surface area (Å²) in [6, 6.07) is 2.24. The van der Waals surface area contributed by atoms with E-state index < -0.39 is 16.7 Å². The van der Waals surface area contributed by atoms with Crippen LogP contribution >= 0.6 is 11.6 Å². The Kier molecular flexibility index (Phi) is 3.14. The van der Waals surface area contributed by atoms with Crippen molar-refractivity contribution >= 4 is 24.0 Å². The quantitative estimate of drug-likeness (QED) is 0.410. The number of hydrogen-bond acceptors (Lipinski definition) is 1. The lowest BCUT2D eigenvalue weighted by molar-refractivity contribution is -0.104. The molecule has 0 unspecified atom stereocenters. The zero-order valence-corrected chi connectivity index (χ0v) is 7.18. The van der Waals surface area contributed by atoms with Gasteiger partial charge in [-0.25, -0.2) is 8.78 Å². The number of rotatable bonds is 2.